The van der Waals surface area contributed by atoms with E-state index in [0.717, 1.165) is 32.7 Å². The minimum atomic E-state index is 0.440. The Morgan fingerprint density at radius 1 is 1.42 bits per heavy atom. The van der Waals surface area contributed by atoms with E-state index in [1.54, 1.807) is 7.11 Å². The number of hydrogen-bond acceptors (Lipinski definition) is 3. The van der Waals surface area contributed by atoms with Gasteiger partial charge < -0.3 is 10.1 Å². The monoisotopic (exact) mass is 265 g/mol. The Balaban J connectivity index is 1.91. The van der Waals surface area contributed by atoms with E-state index in [1.807, 2.05) is 10.9 Å². The molecule has 4 nitrogen and oxygen atoms in total. The fourth-order valence-corrected chi connectivity index (χ4v) is 3.17. The van der Waals surface area contributed by atoms with Gasteiger partial charge in [-0.1, -0.05) is 12.8 Å². The predicted octanol–water partition coefficient (Wildman–Crippen LogP) is 2.24. The van der Waals surface area contributed by atoms with Crippen LogP contribution in [0.1, 0.15) is 38.2 Å². The van der Waals surface area contributed by atoms with Crippen LogP contribution in [-0.4, -0.2) is 36.6 Å². The Bertz CT molecular complexity index is 369. The Kier molecular flexibility index (Phi) is 5.40. The van der Waals surface area contributed by atoms with E-state index in [-0.39, 0.29) is 0 Å². The molecule has 1 heterocycles. The third-order valence-electron chi connectivity index (χ3n) is 4.24. The van der Waals surface area contributed by atoms with Crippen LogP contribution in [0.3, 0.4) is 0 Å². The van der Waals surface area contributed by atoms with Gasteiger partial charge >= 0.3 is 0 Å². The standard InChI is InChI=1S/C15H27N3O/c1-3-18-12-14(11-17-18)10-15(6-4-5-7-15)13-16-8-9-19-2/h11-12,16H,3-10,13H2,1-2H3. The van der Waals surface area contributed by atoms with Crippen LogP contribution in [0.2, 0.25) is 0 Å². The molecule has 1 saturated carbocycles. The Labute approximate surface area is 116 Å². The highest BCUT2D eigenvalue weighted by Crippen LogP contribution is 2.40. The number of methoxy groups -OCH3 is 1. The SMILES string of the molecule is CCn1cc(CC2(CNCCOC)CCCC2)cn1. The summed E-state index contributed by atoms with van der Waals surface area (Å²) in [4.78, 5) is 0. The molecule has 0 aromatic carbocycles. The van der Waals surface area contributed by atoms with Gasteiger partial charge in [0.05, 0.1) is 12.8 Å². The summed E-state index contributed by atoms with van der Waals surface area (Å²) in [6, 6.07) is 0. The largest absolute Gasteiger partial charge is 0.383 e. The second-order valence-electron chi connectivity index (χ2n) is 5.76. The van der Waals surface area contributed by atoms with E-state index in [2.05, 4.69) is 23.5 Å². The average Bonchev–Trinajstić information content (AvgIpc) is 3.05. The maximum Gasteiger partial charge on any atom is 0.0587 e. The molecule has 0 unspecified atom stereocenters. The molecule has 108 valence electrons. The van der Waals surface area contributed by atoms with Crippen molar-refractivity contribution in [3.63, 3.8) is 0 Å². The minimum absolute atomic E-state index is 0.440. The summed E-state index contributed by atoms with van der Waals surface area (Å²) in [7, 11) is 1.76. The molecule has 0 atom stereocenters. The van der Waals surface area contributed by atoms with Gasteiger partial charge in [0.2, 0.25) is 0 Å². The summed E-state index contributed by atoms with van der Waals surface area (Å²) >= 11 is 0. The lowest BCUT2D eigenvalue weighted by Crippen LogP contribution is -2.35. The van der Waals surface area contributed by atoms with Gasteiger partial charge in [-0.2, -0.15) is 5.10 Å². The molecule has 19 heavy (non-hydrogen) atoms. The Morgan fingerprint density at radius 3 is 2.84 bits per heavy atom. The Hall–Kier alpha value is -0.870. The van der Waals surface area contributed by atoms with E-state index in [0.29, 0.717) is 5.41 Å². The fourth-order valence-electron chi connectivity index (χ4n) is 3.17. The van der Waals surface area contributed by atoms with Gasteiger partial charge in [-0.3, -0.25) is 4.68 Å². The zero-order chi connectivity index (χ0) is 13.6. The lowest BCUT2D eigenvalue weighted by Gasteiger charge is -2.29. The molecule has 1 aliphatic rings. The van der Waals surface area contributed by atoms with E-state index < -0.39 is 0 Å². The first-order chi connectivity index (χ1) is 9.28. The highest BCUT2D eigenvalue weighted by atomic mass is 16.5. The summed E-state index contributed by atoms with van der Waals surface area (Å²) in [5, 5.41) is 7.95. The number of nitrogens with zero attached hydrogens (tertiary/aromatic N) is 2. The summed E-state index contributed by atoms with van der Waals surface area (Å²) in [6.07, 6.45) is 10.8. The quantitative estimate of drug-likeness (QED) is 0.733. The molecular formula is C15H27N3O. The van der Waals surface area contributed by atoms with Crippen molar-refractivity contribution in [3.05, 3.63) is 18.0 Å². The molecule has 2 rings (SSSR count). The molecule has 0 bridgehead atoms. The minimum Gasteiger partial charge on any atom is -0.383 e. The number of aromatic nitrogens is 2. The van der Waals surface area contributed by atoms with Gasteiger partial charge in [0, 0.05) is 32.9 Å². The third-order valence-corrected chi connectivity index (χ3v) is 4.24. The second-order valence-corrected chi connectivity index (χ2v) is 5.76. The number of aryl methyl sites for hydroxylation is 1. The van der Waals surface area contributed by atoms with Crippen molar-refractivity contribution >= 4 is 0 Å². The molecule has 1 aromatic rings. The number of ether oxygens (including phenoxy) is 1. The topological polar surface area (TPSA) is 39.1 Å². The first kappa shape index (κ1) is 14.5. The van der Waals surface area contributed by atoms with Gasteiger partial charge in [-0.25, -0.2) is 0 Å². The van der Waals surface area contributed by atoms with Crippen molar-refractivity contribution in [2.45, 2.75) is 45.6 Å². The van der Waals surface area contributed by atoms with Crippen LogP contribution < -0.4 is 5.32 Å². The summed E-state index contributed by atoms with van der Waals surface area (Å²) in [6.45, 7) is 5.94. The molecule has 1 fully saturated rings. The van der Waals surface area contributed by atoms with Gasteiger partial charge in [-0.15, -0.1) is 0 Å². The van der Waals surface area contributed by atoms with Gasteiger partial charge in [0.15, 0.2) is 0 Å². The number of rotatable bonds is 8. The summed E-state index contributed by atoms with van der Waals surface area (Å²) in [5.41, 5.74) is 1.83. The fraction of sp³-hybridized carbons (Fsp3) is 0.800. The number of hydrogen-bond donors (Lipinski definition) is 1. The van der Waals surface area contributed by atoms with Gasteiger partial charge in [0.25, 0.3) is 0 Å². The first-order valence-corrected chi connectivity index (χ1v) is 7.49. The Morgan fingerprint density at radius 2 is 2.21 bits per heavy atom. The van der Waals surface area contributed by atoms with Crippen molar-refractivity contribution in [1.82, 2.24) is 15.1 Å². The van der Waals surface area contributed by atoms with E-state index >= 15 is 0 Å². The normalized spacial score (nSPS) is 18.0. The summed E-state index contributed by atoms with van der Waals surface area (Å²) < 4.78 is 7.12. The van der Waals surface area contributed by atoms with Crippen molar-refractivity contribution in [2.24, 2.45) is 5.41 Å². The second kappa shape index (κ2) is 7.06. The zero-order valence-electron chi connectivity index (χ0n) is 12.3. The molecular weight excluding hydrogens is 238 g/mol. The van der Waals surface area contributed by atoms with Crippen molar-refractivity contribution in [2.75, 3.05) is 26.8 Å². The third kappa shape index (κ3) is 4.05. The average molecular weight is 265 g/mol. The van der Waals surface area contributed by atoms with Crippen LogP contribution in [0.25, 0.3) is 0 Å². The zero-order valence-corrected chi connectivity index (χ0v) is 12.3. The number of nitrogens with one attached hydrogen (secondary N) is 1. The molecule has 4 heteroatoms. The highest BCUT2D eigenvalue weighted by Gasteiger charge is 2.33. The maximum absolute atomic E-state index is 5.10. The van der Waals surface area contributed by atoms with Crippen LogP contribution in [0.4, 0.5) is 0 Å². The van der Waals surface area contributed by atoms with Crippen LogP contribution >= 0.6 is 0 Å². The van der Waals surface area contributed by atoms with Crippen molar-refractivity contribution in [1.29, 1.82) is 0 Å². The van der Waals surface area contributed by atoms with Crippen LogP contribution in [0.5, 0.6) is 0 Å². The molecule has 0 aliphatic heterocycles. The van der Waals surface area contributed by atoms with E-state index in [4.69, 9.17) is 4.74 Å². The molecule has 1 N–H and O–H groups in total. The highest BCUT2D eigenvalue weighted by molar-refractivity contribution is 5.09. The lowest BCUT2D eigenvalue weighted by molar-refractivity contribution is 0.190. The lowest BCUT2D eigenvalue weighted by atomic mass is 9.80. The van der Waals surface area contributed by atoms with Gasteiger partial charge in [-0.05, 0) is 37.2 Å². The summed E-state index contributed by atoms with van der Waals surface area (Å²) in [5.74, 6) is 0. The first-order valence-electron chi connectivity index (χ1n) is 7.49. The molecule has 0 spiro atoms. The maximum atomic E-state index is 5.10. The van der Waals surface area contributed by atoms with E-state index in [9.17, 15) is 0 Å². The smallest absolute Gasteiger partial charge is 0.0587 e. The molecule has 1 aromatic heterocycles. The van der Waals surface area contributed by atoms with Crippen molar-refractivity contribution in [3.8, 4) is 0 Å². The van der Waals surface area contributed by atoms with Crippen LogP contribution in [0.15, 0.2) is 12.4 Å². The molecule has 0 radical (unpaired) electrons. The molecule has 1 aliphatic carbocycles. The van der Waals surface area contributed by atoms with Crippen LogP contribution in [0, 0.1) is 5.41 Å². The van der Waals surface area contributed by atoms with Crippen LogP contribution in [-0.2, 0) is 17.7 Å². The van der Waals surface area contributed by atoms with Crippen molar-refractivity contribution < 1.29 is 4.74 Å². The van der Waals surface area contributed by atoms with E-state index in [1.165, 1.54) is 31.2 Å². The predicted molar refractivity (Wildman–Crippen MR) is 77.3 cm³/mol. The molecule has 0 saturated heterocycles. The van der Waals surface area contributed by atoms with Gasteiger partial charge in [0.1, 0.15) is 0 Å². The molecule has 0 amide bonds.